The van der Waals surface area contributed by atoms with Gasteiger partial charge in [-0.25, -0.2) is 13.4 Å². The molecule has 0 aliphatic heterocycles. The monoisotopic (exact) mass is 456 g/mol. The molecule has 1 atom stereocenters. The van der Waals surface area contributed by atoms with Crippen molar-refractivity contribution in [3.8, 4) is 5.75 Å². The van der Waals surface area contributed by atoms with Crippen molar-refractivity contribution in [2.75, 3.05) is 20.2 Å². The van der Waals surface area contributed by atoms with E-state index in [1.165, 1.54) is 16.4 Å². The quantitative estimate of drug-likeness (QED) is 0.534. The van der Waals surface area contributed by atoms with Gasteiger partial charge in [-0.2, -0.15) is 4.31 Å². The van der Waals surface area contributed by atoms with Gasteiger partial charge in [0.25, 0.3) is 5.91 Å². The molecule has 1 heterocycles. The van der Waals surface area contributed by atoms with Gasteiger partial charge in [0.15, 0.2) is 0 Å². The summed E-state index contributed by atoms with van der Waals surface area (Å²) >= 11 is 0. The normalized spacial score (nSPS) is 12.5. The van der Waals surface area contributed by atoms with Gasteiger partial charge in [-0.3, -0.25) is 4.79 Å². The number of nitrogens with zero attached hydrogens (tertiary/aromatic N) is 3. The van der Waals surface area contributed by atoms with E-state index in [2.05, 4.69) is 10.3 Å². The van der Waals surface area contributed by atoms with Gasteiger partial charge < -0.3 is 14.6 Å². The van der Waals surface area contributed by atoms with E-state index in [1.807, 2.05) is 35.9 Å². The van der Waals surface area contributed by atoms with E-state index in [0.717, 1.165) is 5.56 Å². The predicted molar refractivity (Wildman–Crippen MR) is 122 cm³/mol. The lowest BCUT2D eigenvalue weighted by molar-refractivity contribution is 0.0940. The van der Waals surface area contributed by atoms with Gasteiger partial charge in [0.2, 0.25) is 10.0 Å². The topological polar surface area (TPSA) is 93.5 Å². The first kappa shape index (κ1) is 23.5. The molecule has 1 aromatic heterocycles. The zero-order chi connectivity index (χ0) is 23.3. The summed E-state index contributed by atoms with van der Waals surface area (Å²) in [6.07, 6.45) is 3.45. The average molecular weight is 457 g/mol. The van der Waals surface area contributed by atoms with Crippen molar-refractivity contribution in [2.45, 2.75) is 24.8 Å². The molecule has 8 nitrogen and oxygen atoms in total. The van der Waals surface area contributed by atoms with Crippen LogP contribution in [0.5, 0.6) is 5.75 Å². The Morgan fingerprint density at radius 1 is 1.16 bits per heavy atom. The fourth-order valence-electron chi connectivity index (χ4n) is 3.57. The number of aryl methyl sites for hydroxylation is 1. The van der Waals surface area contributed by atoms with Crippen LogP contribution in [-0.2, 0) is 17.1 Å². The SMILES string of the molecule is CCN(CC)S(=O)(=O)c1cccc(C(=O)NC(c2ccccc2OC)c2nccn2C)c1. The third kappa shape index (κ3) is 4.68. The van der Waals surface area contributed by atoms with Gasteiger partial charge >= 0.3 is 0 Å². The lowest BCUT2D eigenvalue weighted by Gasteiger charge is -2.22. The van der Waals surface area contributed by atoms with Gasteiger partial charge in [-0.05, 0) is 24.3 Å². The number of para-hydroxylation sites is 1. The number of ether oxygens (including phenoxy) is 1. The molecule has 1 N–H and O–H groups in total. The summed E-state index contributed by atoms with van der Waals surface area (Å²) in [5, 5.41) is 2.99. The standard InChI is InChI=1S/C23H28N4O4S/c1-5-27(6-2)32(29,30)18-11-9-10-17(16-18)23(28)25-21(22-24-14-15-26(22)3)19-12-7-8-13-20(19)31-4/h7-16,21H,5-6H2,1-4H3,(H,25,28). The highest BCUT2D eigenvalue weighted by Crippen LogP contribution is 2.29. The number of carbonyl (C=O) groups is 1. The smallest absolute Gasteiger partial charge is 0.252 e. The minimum Gasteiger partial charge on any atom is -0.496 e. The maximum Gasteiger partial charge on any atom is 0.252 e. The van der Waals surface area contributed by atoms with Crippen molar-refractivity contribution in [3.63, 3.8) is 0 Å². The van der Waals surface area contributed by atoms with Crippen LogP contribution in [0.15, 0.2) is 65.8 Å². The number of imidazole rings is 1. The first-order chi connectivity index (χ1) is 15.3. The molecule has 2 aromatic carbocycles. The highest BCUT2D eigenvalue weighted by molar-refractivity contribution is 7.89. The molecule has 32 heavy (non-hydrogen) atoms. The lowest BCUT2D eigenvalue weighted by Crippen LogP contribution is -2.32. The van der Waals surface area contributed by atoms with Crippen LogP contribution < -0.4 is 10.1 Å². The van der Waals surface area contributed by atoms with Gasteiger partial charge in [0.05, 0.1) is 12.0 Å². The van der Waals surface area contributed by atoms with E-state index in [4.69, 9.17) is 4.74 Å². The molecule has 1 unspecified atom stereocenters. The molecule has 0 radical (unpaired) electrons. The Hall–Kier alpha value is -3.17. The van der Waals surface area contributed by atoms with E-state index in [-0.39, 0.29) is 10.5 Å². The van der Waals surface area contributed by atoms with E-state index in [1.54, 1.807) is 45.5 Å². The lowest BCUT2D eigenvalue weighted by atomic mass is 10.0. The van der Waals surface area contributed by atoms with Crippen molar-refractivity contribution in [1.82, 2.24) is 19.2 Å². The molecular formula is C23H28N4O4S. The molecule has 9 heteroatoms. The van der Waals surface area contributed by atoms with E-state index in [9.17, 15) is 13.2 Å². The minimum absolute atomic E-state index is 0.0830. The minimum atomic E-state index is -3.68. The summed E-state index contributed by atoms with van der Waals surface area (Å²) in [6.45, 7) is 4.26. The van der Waals surface area contributed by atoms with Crippen molar-refractivity contribution in [3.05, 3.63) is 77.9 Å². The number of methoxy groups -OCH3 is 1. The van der Waals surface area contributed by atoms with Crippen molar-refractivity contribution in [2.24, 2.45) is 7.05 Å². The van der Waals surface area contributed by atoms with Crippen LogP contribution in [0.1, 0.15) is 41.6 Å². The average Bonchev–Trinajstić information content (AvgIpc) is 3.23. The molecule has 0 bridgehead atoms. The number of aromatic nitrogens is 2. The molecule has 0 aliphatic rings. The molecule has 0 aliphatic carbocycles. The molecule has 0 saturated carbocycles. The fraction of sp³-hybridized carbons (Fsp3) is 0.304. The molecule has 1 amide bonds. The predicted octanol–water partition coefficient (Wildman–Crippen LogP) is 2.98. The van der Waals surface area contributed by atoms with Crippen LogP contribution in [0.3, 0.4) is 0 Å². The second-order valence-corrected chi connectivity index (χ2v) is 9.10. The highest BCUT2D eigenvalue weighted by atomic mass is 32.2. The number of rotatable bonds is 9. The van der Waals surface area contributed by atoms with Crippen LogP contribution in [-0.4, -0.2) is 48.4 Å². The summed E-state index contributed by atoms with van der Waals surface area (Å²) in [5.41, 5.74) is 0.983. The second kappa shape index (κ2) is 9.97. The first-order valence-corrected chi connectivity index (χ1v) is 11.8. The van der Waals surface area contributed by atoms with Crippen LogP contribution >= 0.6 is 0 Å². The first-order valence-electron chi connectivity index (χ1n) is 10.3. The van der Waals surface area contributed by atoms with Crippen molar-refractivity contribution in [1.29, 1.82) is 0 Å². The van der Waals surface area contributed by atoms with Gasteiger partial charge in [-0.1, -0.05) is 38.1 Å². The zero-order valence-corrected chi connectivity index (χ0v) is 19.5. The molecule has 0 saturated heterocycles. The summed E-state index contributed by atoms with van der Waals surface area (Å²) in [6, 6.07) is 12.9. The summed E-state index contributed by atoms with van der Waals surface area (Å²) in [4.78, 5) is 17.7. The van der Waals surface area contributed by atoms with Crippen LogP contribution in [0, 0.1) is 0 Å². The summed E-state index contributed by atoms with van der Waals surface area (Å²) < 4.78 is 34.5. The zero-order valence-electron chi connectivity index (χ0n) is 18.6. The fourth-order valence-corrected chi connectivity index (χ4v) is 5.07. The third-order valence-corrected chi connectivity index (χ3v) is 7.33. The second-order valence-electron chi connectivity index (χ2n) is 7.16. The molecule has 3 rings (SSSR count). The molecule has 0 fully saturated rings. The summed E-state index contributed by atoms with van der Waals surface area (Å²) in [7, 11) is -0.273. The van der Waals surface area contributed by atoms with Crippen LogP contribution in [0.4, 0.5) is 0 Å². The number of hydrogen-bond acceptors (Lipinski definition) is 5. The number of sulfonamides is 1. The third-order valence-electron chi connectivity index (χ3n) is 5.28. The molecular weight excluding hydrogens is 428 g/mol. The molecule has 0 spiro atoms. The highest BCUT2D eigenvalue weighted by Gasteiger charge is 2.26. The number of benzene rings is 2. The Labute approximate surface area is 188 Å². The Bertz CT molecular complexity index is 1190. The van der Waals surface area contributed by atoms with Gasteiger partial charge in [-0.15, -0.1) is 0 Å². The Morgan fingerprint density at radius 2 is 1.88 bits per heavy atom. The van der Waals surface area contributed by atoms with Gasteiger partial charge in [0.1, 0.15) is 17.6 Å². The molecule has 170 valence electrons. The number of amides is 1. The van der Waals surface area contributed by atoms with E-state index < -0.39 is 22.0 Å². The number of carbonyl (C=O) groups excluding carboxylic acids is 1. The summed E-state index contributed by atoms with van der Waals surface area (Å²) in [5.74, 6) is 0.814. The van der Waals surface area contributed by atoms with Crippen molar-refractivity contribution < 1.29 is 17.9 Å². The van der Waals surface area contributed by atoms with Crippen LogP contribution in [0.25, 0.3) is 0 Å². The number of hydrogen-bond donors (Lipinski definition) is 1. The van der Waals surface area contributed by atoms with E-state index in [0.29, 0.717) is 24.7 Å². The maximum atomic E-state index is 13.2. The number of nitrogens with one attached hydrogen (secondary N) is 1. The van der Waals surface area contributed by atoms with Crippen molar-refractivity contribution >= 4 is 15.9 Å². The molecule has 3 aromatic rings. The van der Waals surface area contributed by atoms with Gasteiger partial charge in [0, 0.05) is 43.7 Å². The Morgan fingerprint density at radius 3 is 2.50 bits per heavy atom. The van der Waals surface area contributed by atoms with E-state index >= 15 is 0 Å². The Balaban J connectivity index is 1.99. The maximum absolute atomic E-state index is 13.2. The largest absolute Gasteiger partial charge is 0.496 e. The van der Waals surface area contributed by atoms with Crippen LogP contribution in [0.2, 0.25) is 0 Å². The Kier molecular flexibility index (Phi) is 7.32.